The Kier molecular flexibility index (Phi) is 3.12. The van der Waals surface area contributed by atoms with E-state index in [0.29, 0.717) is 6.54 Å². The van der Waals surface area contributed by atoms with Crippen LogP contribution in [0.3, 0.4) is 0 Å². The normalized spacial score (nSPS) is 17.4. The Morgan fingerprint density at radius 2 is 2.32 bits per heavy atom. The van der Waals surface area contributed by atoms with Gasteiger partial charge in [-0.3, -0.25) is 15.2 Å². The fraction of sp³-hybridized carbons (Fsp3) is 0.231. The molecule has 0 saturated heterocycles. The van der Waals surface area contributed by atoms with Crippen LogP contribution in [0.25, 0.3) is 0 Å². The lowest BCUT2D eigenvalue weighted by Crippen LogP contribution is -2.27. The molecule has 1 amide bonds. The average Bonchev–Trinajstić information content (AvgIpc) is 2.90. The molecule has 0 saturated carbocycles. The van der Waals surface area contributed by atoms with Crippen LogP contribution in [0.1, 0.15) is 22.9 Å². The summed E-state index contributed by atoms with van der Waals surface area (Å²) in [6.45, 7) is 2.57. The maximum atomic E-state index is 12.0. The third kappa shape index (κ3) is 2.29. The molecule has 1 atom stereocenters. The van der Waals surface area contributed by atoms with E-state index in [2.05, 4.69) is 36.8 Å². The molecule has 1 aromatic carbocycles. The molecule has 0 aliphatic carbocycles. The Balaban J connectivity index is 1.79. The van der Waals surface area contributed by atoms with Gasteiger partial charge in [-0.05, 0) is 19.1 Å². The number of nitrogens with one attached hydrogen (secondary N) is 3. The lowest BCUT2D eigenvalue weighted by atomic mass is 10.1. The zero-order valence-electron chi connectivity index (χ0n) is 10.3. The van der Waals surface area contributed by atoms with Gasteiger partial charge in [0.05, 0.1) is 6.20 Å². The van der Waals surface area contributed by atoms with Crippen LogP contribution in [-0.2, 0) is 11.3 Å². The summed E-state index contributed by atoms with van der Waals surface area (Å²) in [7, 11) is 0. The van der Waals surface area contributed by atoms with E-state index in [1.165, 1.54) is 0 Å². The highest BCUT2D eigenvalue weighted by Gasteiger charge is 2.30. The second-order valence-corrected chi connectivity index (χ2v) is 5.47. The monoisotopic (exact) mass is 320 g/mol. The van der Waals surface area contributed by atoms with Crippen molar-refractivity contribution in [1.82, 2.24) is 15.5 Å². The zero-order valence-corrected chi connectivity index (χ0v) is 11.9. The first-order chi connectivity index (χ1) is 9.15. The van der Waals surface area contributed by atoms with Crippen LogP contribution >= 0.6 is 15.9 Å². The predicted octanol–water partition coefficient (Wildman–Crippen LogP) is 2.26. The van der Waals surface area contributed by atoms with E-state index in [1.54, 1.807) is 6.20 Å². The smallest absolute Gasteiger partial charge is 0.246 e. The van der Waals surface area contributed by atoms with Crippen molar-refractivity contribution in [2.24, 2.45) is 0 Å². The molecular formula is C13H13BrN4O. The van der Waals surface area contributed by atoms with Gasteiger partial charge in [-0.25, -0.2) is 0 Å². The van der Waals surface area contributed by atoms with Crippen molar-refractivity contribution in [2.75, 3.05) is 5.32 Å². The second kappa shape index (κ2) is 4.79. The maximum absolute atomic E-state index is 12.0. The van der Waals surface area contributed by atoms with Gasteiger partial charge in [-0.15, -0.1) is 0 Å². The third-order valence-corrected chi connectivity index (χ3v) is 3.77. The summed E-state index contributed by atoms with van der Waals surface area (Å²) in [5.41, 5.74) is 3.93. The molecule has 6 heteroatoms. The summed E-state index contributed by atoms with van der Waals surface area (Å²) in [5, 5.41) is 13.0. The fourth-order valence-corrected chi connectivity index (χ4v) is 2.56. The maximum Gasteiger partial charge on any atom is 0.246 e. The zero-order chi connectivity index (χ0) is 13.4. The first-order valence-electron chi connectivity index (χ1n) is 5.97. The van der Waals surface area contributed by atoms with Gasteiger partial charge in [0.2, 0.25) is 5.91 Å². The highest BCUT2D eigenvalue weighted by Crippen LogP contribution is 2.33. The van der Waals surface area contributed by atoms with Crippen LogP contribution in [0, 0.1) is 6.92 Å². The van der Waals surface area contributed by atoms with Crippen LogP contribution in [0.5, 0.6) is 0 Å². The van der Waals surface area contributed by atoms with Crippen molar-refractivity contribution in [1.29, 1.82) is 0 Å². The van der Waals surface area contributed by atoms with Gasteiger partial charge < -0.3 is 5.32 Å². The topological polar surface area (TPSA) is 69.8 Å². The molecule has 0 radical (unpaired) electrons. The van der Waals surface area contributed by atoms with Gasteiger partial charge in [0.25, 0.3) is 0 Å². The number of rotatable bonds is 3. The fourth-order valence-electron chi connectivity index (χ4n) is 2.20. The van der Waals surface area contributed by atoms with E-state index >= 15 is 0 Å². The molecule has 0 spiro atoms. The predicted molar refractivity (Wildman–Crippen MR) is 75.7 cm³/mol. The number of anilines is 1. The molecule has 1 aliphatic heterocycles. The van der Waals surface area contributed by atoms with Crippen molar-refractivity contribution < 1.29 is 4.79 Å². The second-order valence-electron chi connectivity index (χ2n) is 4.55. The van der Waals surface area contributed by atoms with E-state index in [1.807, 2.05) is 25.1 Å². The van der Waals surface area contributed by atoms with Crippen LogP contribution in [0.2, 0.25) is 0 Å². The number of fused-ring (bicyclic) bond motifs is 1. The molecule has 3 N–H and O–H groups in total. The SMILES string of the molecule is Cc1[nH]ncc1CNC1C(=O)Nc2cc(Br)ccc21. The minimum Gasteiger partial charge on any atom is -0.324 e. The number of carbonyl (C=O) groups excluding carboxylic acids is 1. The Labute approximate surface area is 118 Å². The molecule has 0 bridgehead atoms. The van der Waals surface area contributed by atoms with Crippen molar-refractivity contribution in [3.8, 4) is 0 Å². The number of hydrogen-bond acceptors (Lipinski definition) is 3. The number of nitrogens with zero attached hydrogens (tertiary/aromatic N) is 1. The first kappa shape index (κ1) is 12.4. The summed E-state index contributed by atoms with van der Waals surface area (Å²) in [6.07, 6.45) is 1.78. The van der Waals surface area contributed by atoms with Crippen molar-refractivity contribution >= 4 is 27.5 Å². The van der Waals surface area contributed by atoms with E-state index in [0.717, 1.165) is 27.0 Å². The number of H-pyrrole nitrogens is 1. The van der Waals surface area contributed by atoms with Crippen LogP contribution in [0.4, 0.5) is 5.69 Å². The number of aromatic amines is 1. The van der Waals surface area contributed by atoms with Crippen LogP contribution in [0.15, 0.2) is 28.9 Å². The summed E-state index contributed by atoms with van der Waals surface area (Å²) >= 11 is 3.40. The number of benzene rings is 1. The number of carbonyl (C=O) groups is 1. The minimum atomic E-state index is -0.308. The van der Waals surface area contributed by atoms with Gasteiger partial charge in [-0.2, -0.15) is 5.10 Å². The van der Waals surface area contributed by atoms with Gasteiger partial charge in [0.15, 0.2) is 0 Å². The summed E-state index contributed by atoms with van der Waals surface area (Å²) in [4.78, 5) is 12.0. The first-order valence-corrected chi connectivity index (χ1v) is 6.77. The molecule has 2 heterocycles. The van der Waals surface area contributed by atoms with Crippen molar-refractivity contribution in [3.63, 3.8) is 0 Å². The molecule has 1 aromatic heterocycles. The lowest BCUT2D eigenvalue weighted by Gasteiger charge is -2.11. The number of aryl methyl sites for hydroxylation is 1. The molecule has 3 rings (SSSR count). The van der Waals surface area contributed by atoms with Gasteiger partial charge in [0.1, 0.15) is 6.04 Å². The molecule has 1 unspecified atom stereocenters. The molecular weight excluding hydrogens is 308 g/mol. The van der Waals surface area contributed by atoms with Crippen molar-refractivity contribution in [2.45, 2.75) is 19.5 Å². The molecule has 1 aliphatic rings. The quantitative estimate of drug-likeness (QED) is 0.812. The number of hydrogen-bond donors (Lipinski definition) is 3. The highest BCUT2D eigenvalue weighted by atomic mass is 79.9. The molecule has 98 valence electrons. The Morgan fingerprint density at radius 1 is 1.47 bits per heavy atom. The van der Waals surface area contributed by atoms with E-state index < -0.39 is 0 Å². The largest absolute Gasteiger partial charge is 0.324 e. The van der Waals surface area contributed by atoms with E-state index in [-0.39, 0.29) is 11.9 Å². The summed E-state index contributed by atoms with van der Waals surface area (Å²) in [5.74, 6) is -0.0192. The number of amides is 1. The van der Waals surface area contributed by atoms with Crippen LogP contribution in [-0.4, -0.2) is 16.1 Å². The summed E-state index contributed by atoms with van der Waals surface area (Å²) in [6, 6.07) is 5.50. The van der Waals surface area contributed by atoms with Gasteiger partial charge in [-0.1, -0.05) is 22.0 Å². The van der Waals surface area contributed by atoms with Gasteiger partial charge >= 0.3 is 0 Å². The van der Waals surface area contributed by atoms with Gasteiger partial charge in [0, 0.05) is 33.5 Å². The van der Waals surface area contributed by atoms with Crippen molar-refractivity contribution in [3.05, 3.63) is 45.7 Å². The molecule has 2 aromatic rings. The molecule has 5 nitrogen and oxygen atoms in total. The number of aromatic nitrogens is 2. The van der Waals surface area contributed by atoms with E-state index in [9.17, 15) is 4.79 Å². The number of halogens is 1. The Morgan fingerprint density at radius 3 is 3.05 bits per heavy atom. The standard InChI is InChI=1S/C13H13BrN4O/c1-7-8(6-16-18-7)5-15-12-10-3-2-9(14)4-11(10)17-13(12)19/h2-4,6,12,15H,5H2,1H3,(H,16,18)(H,17,19). The molecule has 19 heavy (non-hydrogen) atoms. The van der Waals surface area contributed by atoms with E-state index in [4.69, 9.17) is 0 Å². The minimum absolute atomic E-state index is 0.0192. The molecule has 0 fully saturated rings. The average molecular weight is 321 g/mol. The lowest BCUT2D eigenvalue weighted by molar-refractivity contribution is -0.117. The highest BCUT2D eigenvalue weighted by molar-refractivity contribution is 9.10. The van der Waals surface area contributed by atoms with Crippen LogP contribution < -0.4 is 10.6 Å². The summed E-state index contributed by atoms with van der Waals surface area (Å²) < 4.78 is 0.956. The Bertz CT molecular complexity index is 637. The third-order valence-electron chi connectivity index (χ3n) is 3.28. The Hall–Kier alpha value is -1.66.